The predicted octanol–water partition coefficient (Wildman–Crippen LogP) is 2.67. The standard InChI is InChI=1S/C18H18N2O3/c1-12-3-6-14(7-4-12)19-17(21)10-20-15-8-5-13(2)9-16(15)23-11-18(20)22/h3-9H,10-11H2,1-2H3,(H,19,21). The van der Waals surface area contributed by atoms with E-state index >= 15 is 0 Å². The fourth-order valence-corrected chi connectivity index (χ4v) is 2.47. The molecule has 0 saturated carbocycles. The minimum absolute atomic E-state index is 0.0356. The molecular formula is C18H18N2O3. The molecule has 0 atom stereocenters. The number of carbonyl (C=O) groups excluding carboxylic acids is 2. The molecule has 1 aliphatic heterocycles. The number of hydrogen-bond donors (Lipinski definition) is 1. The van der Waals surface area contributed by atoms with Crippen LogP contribution in [0.2, 0.25) is 0 Å². The maximum absolute atomic E-state index is 12.2. The molecule has 0 aliphatic carbocycles. The van der Waals surface area contributed by atoms with Crippen LogP contribution >= 0.6 is 0 Å². The first-order valence-electron chi connectivity index (χ1n) is 7.43. The Balaban J connectivity index is 1.75. The molecule has 0 unspecified atom stereocenters. The number of ether oxygens (including phenoxy) is 1. The van der Waals surface area contributed by atoms with E-state index in [1.54, 1.807) is 6.07 Å². The fraction of sp³-hybridized carbons (Fsp3) is 0.222. The third-order valence-electron chi connectivity index (χ3n) is 3.70. The van der Waals surface area contributed by atoms with Gasteiger partial charge in [-0.1, -0.05) is 23.8 Å². The summed E-state index contributed by atoms with van der Waals surface area (Å²) in [7, 11) is 0. The Hall–Kier alpha value is -2.82. The molecule has 2 aromatic carbocycles. The highest BCUT2D eigenvalue weighted by atomic mass is 16.5. The van der Waals surface area contributed by atoms with Crippen LogP contribution in [0.25, 0.3) is 0 Å². The van der Waals surface area contributed by atoms with Crippen molar-refractivity contribution in [3.63, 3.8) is 0 Å². The van der Waals surface area contributed by atoms with Crippen molar-refractivity contribution in [3.8, 4) is 5.75 Å². The van der Waals surface area contributed by atoms with Gasteiger partial charge in [0.25, 0.3) is 5.91 Å². The molecule has 1 heterocycles. The third kappa shape index (κ3) is 3.34. The molecule has 0 spiro atoms. The zero-order valence-corrected chi connectivity index (χ0v) is 13.1. The van der Waals surface area contributed by atoms with Gasteiger partial charge in [-0.05, 0) is 43.7 Å². The number of hydrogen-bond acceptors (Lipinski definition) is 3. The maximum atomic E-state index is 12.2. The molecule has 0 aromatic heterocycles. The van der Waals surface area contributed by atoms with Gasteiger partial charge in [-0.15, -0.1) is 0 Å². The number of aryl methyl sites for hydroxylation is 2. The van der Waals surface area contributed by atoms with E-state index in [9.17, 15) is 9.59 Å². The number of nitrogens with one attached hydrogen (secondary N) is 1. The summed E-state index contributed by atoms with van der Waals surface area (Å²) in [5, 5.41) is 2.81. The SMILES string of the molecule is Cc1ccc(NC(=O)CN2C(=O)COc3cc(C)ccc32)cc1. The smallest absolute Gasteiger partial charge is 0.265 e. The Morgan fingerprint density at radius 2 is 1.83 bits per heavy atom. The number of anilines is 2. The van der Waals surface area contributed by atoms with Crippen molar-refractivity contribution in [3.05, 3.63) is 53.6 Å². The summed E-state index contributed by atoms with van der Waals surface area (Å²) in [6, 6.07) is 13.1. The van der Waals surface area contributed by atoms with Crippen molar-refractivity contribution >= 4 is 23.2 Å². The number of benzene rings is 2. The van der Waals surface area contributed by atoms with Crippen LogP contribution in [-0.4, -0.2) is 25.0 Å². The average Bonchev–Trinajstić information content (AvgIpc) is 2.52. The third-order valence-corrected chi connectivity index (χ3v) is 3.70. The van der Waals surface area contributed by atoms with E-state index in [0.717, 1.165) is 11.1 Å². The van der Waals surface area contributed by atoms with Crippen LogP contribution in [0.1, 0.15) is 11.1 Å². The normalized spacial score (nSPS) is 13.3. The lowest BCUT2D eigenvalue weighted by molar-refractivity contribution is -0.123. The van der Waals surface area contributed by atoms with E-state index < -0.39 is 0 Å². The zero-order valence-electron chi connectivity index (χ0n) is 13.1. The average molecular weight is 310 g/mol. The van der Waals surface area contributed by atoms with Crippen LogP contribution in [0.5, 0.6) is 5.75 Å². The second-order valence-electron chi connectivity index (χ2n) is 5.65. The number of nitrogens with zero attached hydrogens (tertiary/aromatic N) is 1. The summed E-state index contributed by atoms with van der Waals surface area (Å²) < 4.78 is 5.44. The first kappa shape index (κ1) is 15.1. The number of fused-ring (bicyclic) bond motifs is 1. The van der Waals surface area contributed by atoms with Gasteiger partial charge in [0.15, 0.2) is 6.61 Å². The fourth-order valence-electron chi connectivity index (χ4n) is 2.47. The molecule has 2 amide bonds. The van der Waals surface area contributed by atoms with E-state index in [-0.39, 0.29) is 25.0 Å². The van der Waals surface area contributed by atoms with Gasteiger partial charge in [0.1, 0.15) is 12.3 Å². The number of carbonyl (C=O) groups is 2. The molecule has 23 heavy (non-hydrogen) atoms. The molecule has 0 fully saturated rings. The second kappa shape index (κ2) is 6.12. The molecule has 1 N–H and O–H groups in total. The van der Waals surface area contributed by atoms with Crippen molar-refractivity contribution in [2.45, 2.75) is 13.8 Å². The quantitative estimate of drug-likeness (QED) is 0.948. The summed E-state index contributed by atoms with van der Waals surface area (Å²) in [5.41, 5.74) is 3.51. The van der Waals surface area contributed by atoms with Crippen LogP contribution in [0.3, 0.4) is 0 Å². The van der Waals surface area contributed by atoms with Gasteiger partial charge in [0.2, 0.25) is 5.91 Å². The van der Waals surface area contributed by atoms with Crippen LogP contribution in [0.15, 0.2) is 42.5 Å². The largest absolute Gasteiger partial charge is 0.482 e. The molecule has 1 aliphatic rings. The highest BCUT2D eigenvalue weighted by molar-refractivity contribution is 6.05. The number of rotatable bonds is 3. The molecule has 3 rings (SSSR count). The lowest BCUT2D eigenvalue weighted by Gasteiger charge is -2.29. The summed E-state index contributed by atoms with van der Waals surface area (Å²) in [5.74, 6) is 0.170. The first-order valence-corrected chi connectivity index (χ1v) is 7.43. The van der Waals surface area contributed by atoms with Gasteiger partial charge >= 0.3 is 0 Å². The summed E-state index contributed by atoms with van der Waals surface area (Å²) >= 11 is 0. The molecule has 0 saturated heterocycles. The van der Waals surface area contributed by atoms with Gasteiger partial charge in [0, 0.05) is 5.69 Å². The molecule has 5 heteroatoms. The van der Waals surface area contributed by atoms with Gasteiger partial charge in [-0.3, -0.25) is 14.5 Å². The molecule has 0 bridgehead atoms. The molecule has 0 radical (unpaired) electrons. The lowest BCUT2D eigenvalue weighted by Crippen LogP contribution is -2.43. The molecule has 118 valence electrons. The molecule has 5 nitrogen and oxygen atoms in total. The van der Waals surface area contributed by atoms with E-state index in [4.69, 9.17) is 4.74 Å². The second-order valence-corrected chi connectivity index (χ2v) is 5.65. The first-order chi connectivity index (χ1) is 11.0. The van der Waals surface area contributed by atoms with Crippen LogP contribution in [0.4, 0.5) is 11.4 Å². The van der Waals surface area contributed by atoms with Crippen LogP contribution in [-0.2, 0) is 9.59 Å². The van der Waals surface area contributed by atoms with Crippen LogP contribution in [0, 0.1) is 13.8 Å². The number of amides is 2. The van der Waals surface area contributed by atoms with Crippen molar-refractivity contribution < 1.29 is 14.3 Å². The minimum atomic E-state index is -0.240. The Morgan fingerprint density at radius 1 is 1.13 bits per heavy atom. The van der Waals surface area contributed by atoms with E-state index in [1.807, 2.05) is 50.2 Å². The van der Waals surface area contributed by atoms with Crippen molar-refractivity contribution in [2.24, 2.45) is 0 Å². The topological polar surface area (TPSA) is 58.6 Å². The Labute approximate surface area is 134 Å². The summed E-state index contributed by atoms with van der Waals surface area (Å²) in [6.45, 7) is 3.85. The van der Waals surface area contributed by atoms with Crippen molar-refractivity contribution in [1.29, 1.82) is 0 Å². The Kier molecular flexibility index (Phi) is 4.02. The minimum Gasteiger partial charge on any atom is -0.482 e. The highest BCUT2D eigenvalue weighted by Crippen LogP contribution is 2.32. The summed E-state index contributed by atoms with van der Waals surface area (Å²) in [6.07, 6.45) is 0. The van der Waals surface area contributed by atoms with Crippen LogP contribution < -0.4 is 15.0 Å². The van der Waals surface area contributed by atoms with Crippen molar-refractivity contribution in [1.82, 2.24) is 0 Å². The Morgan fingerprint density at radius 3 is 2.57 bits per heavy atom. The zero-order chi connectivity index (χ0) is 16.4. The predicted molar refractivity (Wildman–Crippen MR) is 88.8 cm³/mol. The highest BCUT2D eigenvalue weighted by Gasteiger charge is 2.27. The maximum Gasteiger partial charge on any atom is 0.265 e. The van der Waals surface area contributed by atoms with Crippen molar-refractivity contribution in [2.75, 3.05) is 23.4 Å². The summed E-state index contributed by atoms with van der Waals surface area (Å²) in [4.78, 5) is 25.8. The van der Waals surface area contributed by atoms with Gasteiger partial charge < -0.3 is 10.1 Å². The molecular weight excluding hydrogens is 292 g/mol. The van der Waals surface area contributed by atoms with Gasteiger partial charge in [0.05, 0.1) is 5.69 Å². The lowest BCUT2D eigenvalue weighted by atomic mass is 10.1. The van der Waals surface area contributed by atoms with Gasteiger partial charge in [-0.25, -0.2) is 0 Å². The van der Waals surface area contributed by atoms with E-state index in [0.29, 0.717) is 17.1 Å². The van der Waals surface area contributed by atoms with E-state index in [1.165, 1.54) is 4.90 Å². The Bertz CT molecular complexity index is 753. The molecule has 2 aromatic rings. The van der Waals surface area contributed by atoms with Gasteiger partial charge in [-0.2, -0.15) is 0 Å². The van der Waals surface area contributed by atoms with E-state index in [2.05, 4.69) is 5.32 Å². The monoisotopic (exact) mass is 310 g/mol.